The summed E-state index contributed by atoms with van der Waals surface area (Å²) in [5, 5.41) is 9.11. The van der Waals surface area contributed by atoms with E-state index < -0.39 is 5.97 Å². The Balaban J connectivity index is 2.16. The van der Waals surface area contributed by atoms with Crippen LogP contribution in [-0.2, 0) is 6.42 Å². The minimum Gasteiger partial charge on any atom is -0.478 e. The number of imidazole rings is 1. The smallest absolute Gasteiger partial charge is 0.338 e. The number of H-pyrrole nitrogens is 1. The van der Waals surface area contributed by atoms with Gasteiger partial charge in [0.1, 0.15) is 5.76 Å². The molecule has 3 aromatic heterocycles. The topological polar surface area (TPSA) is 92.0 Å². The van der Waals surface area contributed by atoms with E-state index in [-0.39, 0.29) is 5.56 Å². The number of aromatic amines is 1. The number of pyridine rings is 1. The molecule has 0 unspecified atom stereocenters. The van der Waals surface area contributed by atoms with Crippen LogP contribution in [0.2, 0.25) is 0 Å². The Morgan fingerprint density at radius 2 is 2.26 bits per heavy atom. The van der Waals surface area contributed by atoms with Gasteiger partial charge in [-0.25, -0.2) is 14.8 Å². The van der Waals surface area contributed by atoms with E-state index >= 15 is 0 Å². The normalized spacial score (nSPS) is 11.0. The number of carbonyl (C=O) groups is 1. The number of nitrogens with one attached hydrogen (secondary N) is 1. The number of fused-ring (bicyclic) bond motifs is 1. The third-order valence-electron chi connectivity index (χ3n) is 2.87. The first-order chi connectivity index (χ1) is 9.19. The first-order valence-corrected chi connectivity index (χ1v) is 5.86. The van der Waals surface area contributed by atoms with Gasteiger partial charge in [-0.15, -0.1) is 0 Å². The Hall–Kier alpha value is -2.63. The van der Waals surface area contributed by atoms with E-state index in [0.29, 0.717) is 22.7 Å². The lowest BCUT2D eigenvalue weighted by atomic mass is 10.2. The Labute approximate surface area is 108 Å². The molecule has 0 aliphatic rings. The number of aromatic carboxylic acids is 1. The summed E-state index contributed by atoms with van der Waals surface area (Å²) in [6.45, 7) is 1.99. The number of aryl methyl sites for hydroxylation is 1. The number of hydrogen-bond acceptors (Lipinski definition) is 4. The van der Waals surface area contributed by atoms with Gasteiger partial charge in [-0.3, -0.25) is 0 Å². The molecular formula is C13H11N3O3. The Bertz CT molecular complexity index is 757. The summed E-state index contributed by atoms with van der Waals surface area (Å²) in [4.78, 5) is 22.4. The van der Waals surface area contributed by atoms with Crippen LogP contribution in [0.15, 0.2) is 28.8 Å². The minimum atomic E-state index is -1.02. The van der Waals surface area contributed by atoms with E-state index in [9.17, 15) is 4.79 Å². The van der Waals surface area contributed by atoms with Gasteiger partial charge in [-0.2, -0.15) is 0 Å². The third kappa shape index (κ3) is 1.87. The van der Waals surface area contributed by atoms with Crippen molar-refractivity contribution in [1.29, 1.82) is 0 Å². The van der Waals surface area contributed by atoms with Crippen LogP contribution in [0.4, 0.5) is 0 Å². The van der Waals surface area contributed by atoms with Crippen LogP contribution in [0.25, 0.3) is 22.7 Å². The van der Waals surface area contributed by atoms with E-state index in [1.54, 1.807) is 6.07 Å². The van der Waals surface area contributed by atoms with Crippen molar-refractivity contribution in [2.75, 3.05) is 0 Å². The molecule has 0 amide bonds. The van der Waals surface area contributed by atoms with Crippen LogP contribution < -0.4 is 0 Å². The summed E-state index contributed by atoms with van der Waals surface area (Å²) in [6.07, 6.45) is 2.22. The molecule has 0 aliphatic carbocycles. The Kier molecular flexibility index (Phi) is 2.56. The van der Waals surface area contributed by atoms with Gasteiger partial charge in [-0.05, 0) is 18.2 Å². The summed E-state index contributed by atoms with van der Waals surface area (Å²) in [5.41, 5.74) is 0.912. The molecular weight excluding hydrogens is 246 g/mol. The van der Waals surface area contributed by atoms with Crippen LogP contribution in [0.5, 0.6) is 0 Å². The number of hydrogen-bond donors (Lipinski definition) is 2. The summed E-state index contributed by atoms with van der Waals surface area (Å²) in [6, 6.07) is 5.11. The van der Waals surface area contributed by atoms with Crippen LogP contribution in [0, 0.1) is 0 Å². The Morgan fingerprint density at radius 1 is 1.42 bits per heavy atom. The molecule has 0 fully saturated rings. The monoisotopic (exact) mass is 257 g/mol. The molecule has 3 rings (SSSR count). The second-order valence-corrected chi connectivity index (χ2v) is 4.07. The van der Waals surface area contributed by atoms with Crippen molar-refractivity contribution in [3.63, 3.8) is 0 Å². The number of nitrogens with zero attached hydrogens (tertiary/aromatic N) is 2. The van der Waals surface area contributed by atoms with Crippen molar-refractivity contribution in [2.45, 2.75) is 13.3 Å². The fourth-order valence-corrected chi connectivity index (χ4v) is 1.90. The molecule has 0 spiro atoms. The second kappa shape index (κ2) is 4.24. The Morgan fingerprint density at radius 3 is 2.95 bits per heavy atom. The molecule has 2 N–H and O–H groups in total. The van der Waals surface area contributed by atoms with E-state index in [1.807, 2.05) is 13.0 Å². The minimum absolute atomic E-state index is 0.144. The van der Waals surface area contributed by atoms with Gasteiger partial charge in [0.15, 0.2) is 17.2 Å². The van der Waals surface area contributed by atoms with Gasteiger partial charge in [0.05, 0.1) is 11.1 Å². The third-order valence-corrected chi connectivity index (χ3v) is 2.87. The van der Waals surface area contributed by atoms with Crippen molar-refractivity contribution in [3.8, 4) is 11.6 Å². The predicted molar refractivity (Wildman–Crippen MR) is 67.9 cm³/mol. The van der Waals surface area contributed by atoms with E-state index in [4.69, 9.17) is 9.52 Å². The average Bonchev–Trinajstić information content (AvgIpc) is 3.03. The molecule has 0 aromatic carbocycles. The zero-order chi connectivity index (χ0) is 13.4. The molecule has 0 radical (unpaired) electrons. The fraction of sp³-hybridized carbons (Fsp3) is 0.154. The maximum Gasteiger partial charge on any atom is 0.338 e. The van der Waals surface area contributed by atoms with E-state index in [0.717, 1.165) is 12.2 Å². The molecule has 3 heterocycles. The van der Waals surface area contributed by atoms with Crippen LogP contribution >= 0.6 is 0 Å². The van der Waals surface area contributed by atoms with Crippen LogP contribution in [-0.4, -0.2) is 26.0 Å². The summed E-state index contributed by atoms with van der Waals surface area (Å²) in [5.74, 6) is 0.889. The van der Waals surface area contributed by atoms with Gasteiger partial charge in [-0.1, -0.05) is 6.92 Å². The van der Waals surface area contributed by atoms with Crippen LogP contribution in [0.3, 0.4) is 0 Å². The van der Waals surface area contributed by atoms with Gasteiger partial charge in [0, 0.05) is 12.6 Å². The molecule has 0 bridgehead atoms. The lowest BCUT2D eigenvalue weighted by molar-refractivity contribution is 0.0698. The van der Waals surface area contributed by atoms with Gasteiger partial charge < -0.3 is 14.5 Å². The fourth-order valence-electron chi connectivity index (χ4n) is 1.90. The average molecular weight is 257 g/mol. The summed E-state index contributed by atoms with van der Waals surface area (Å²) in [7, 11) is 0. The maximum absolute atomic E-state index is 11.1. The van der Waals surface area contributed by atoms with Crippen molar-refractivity contribution in [1.82, 2.24) is 15.0 Å². The molecule has 19 heavy (non-hydrogen) atoms. The zero-order valence-corrected chi connectivity index (χ0v) is 10.2. The van der Waals surface area contributed by atoms with Crippen molar-refractivity contribution >= 4 is 17.1 Å². The van der Waals surface area contributed by atoms with Crippen molar-refractivity contribution in [3.05, 3.63) is 35.7 Å². The predicted octanol–water partition coefficient (Wildman–Crippen LogP) is 2.48. The lowest BCUT2D eigenvalue weighted by Gasteiger charge is -1.93. The molecule has 6 nitrogen and oxygen atoms in total. The van der Waals surface area contributed by atoms with E-state index in [1.165, 1.54) is 12.3 Å². The number of rotatable bonds is 3. The van der Waals surface area contributed by atoms with Gasteiger partial charge in [0.25, 0.3) is 0 Å². The largest absolute Gasteiger partial charge is 0.478 e. The molecule has 0 saturated heterocycles. The number of carboxylic acids is 1. The molecule has 3 aromatic rings. The zero-order valence-electron chi connectivity index (χ0n) is 10.2. The highest BCUT2D eigenvalue weighted by atomic mass is 16.4. The number of furan rings is 1. The molecule has 96 valence electrons. The van der Waals surface area contributed by atoms with Crippen LogP contribution in [0.1, 0.15) is 23.0 Å². The van der Waals surface area contributed by atoms with Gasteiger partial charge in [0.2, 0.25) is 0 Å². The van der Waals surface area contributed by atoms with Gasteiger partial charge >= 0.3 is 5.97 Å². The SMILES string of the molecule is CCc1ccc(-c2nc3nccc(C(=O)O)c3[nH]2)o1. The molecule has 0 aliphatic heterocycles. The highest BCUT2D eigenvalue weighted by Gasteiger charge is 2.15. The first-order valence-electron chi connectivity index (χ1n) is 5.86. The van der Waals surface area contributed by atoms with E-state index in [2.05, 4.69) is 15.0 Å². The highest BCUT2D eigenvalue weighted by molar-refractivity contribution is 6.00. The summed E-state index contributed by atoms with van der Waals surface area (Å²) >= 11 is 0. The molecule has 0 atom stereocenters. The first kappa shape index (κ1) is 11.5. The standard InChI is InChI=1S/C13H11N3O3/c1-2-7-3-4-9(19-7)11-15-10-8(13(17)18)5-6-14-12(10)16-11/h3-6H,2H2,1H3,(H,17,18)(H,14,15,16). The van der Waals surface area contributed by atoms with Crippen molar-refractivity contribution in [2.24, 2.45) is 0 Å². The molecule has 0 saturated carbocycles. The number of carboxylic acid groups (broad SMARTS) is 1. The quantitative estimate of drug-likeness (QED) is 0.752. The summed E-state index contributed by atoms with van der Waals surface area (Å²) < 4.78 is 5.58. The maximum atomic E-state index is 11.1. The molecule has 6 heteroatoms. The second-order valence-electron chi connectivity index (χ2n) is 4.07. The lowest BCUT2D eigenvalue weighted by Crippen LogP contribution is -1.97. The van der Waals surface area contributed by atoms with Crippen molar-refractivity contribution < 1.29 is 14.3 Å². The number of aromatic nitrogens is 3. The highest BCUT2D eigenvalue weighted by Crippen LogP contribution is 2.23.